The van der Waals surface area contributed by atoms with Crippen molar-refractivity contribution in [2.75, 3.05) is 11.0 Å². The predicted octanol–water partition coefficient (Wildman–Crippen LogP) is 5.09. The lowest BCUT2D eigenvalue weighted by atomic mass is 9.96. The van der Waals surface area contributed by atoms with Crippen molar-refractivity contribution < 1.29 is 9.47 Å². The molecule has 0 atom stereocenters. The van der Waals surface area contributed by atoms with Crippen LogP contribution in [0.1, 0.15) is 11.1 Å². The number of hydrogen-bond acceptors (Lipinski definition) is 2. The zero-order valence-corrected chi connectivity index (χ0v) is 14.2. The minimum atomic E-state index is 0.537. The number of halogens is 2. The molecule has 0 heterocycles. The van der Waals surface area contributed by atoms with Crippen molar-refractivity contribution in [3.63, 3.8) is 0 Å². The van der Waals surface area contributed by atoms with E-state index in [-0.39, 0.29) is 0 Å². The first kappa shape index (κ1) is 15.7. The molecule has 0 radical (unpaired) electrons. The third-order valence-electron chi connectivity index (χ3n) is 2.99. The summed E-state index contributed by atoms with van der Waals surface area (Å²) < 4.78 is 11.0. The molecule has 0 aliphatic carbocycles. The van der Waals surface area contributed by atoms with Gasteiger partial charge in [-0.05, 0) is 22.3 Å². The molecule has 2 nitrogen and oxygen atoms in total. The normalized spacial score (nSPS) is 10.7. The minimum Gasteiger partial charge on any atom is -0.366 e. The molecule has 0 spiro atoms. The van der Waals surface area contributed by atoms with Gasteiger partial charge in [0, 0.05) is 0 Å². The molecular weight excluding hydrogens is 384 g/mol. The fraction of sp³-hybridized carbons (Fsp3) is 0.250. The van der Waals surface area contributed by atoms with Crippen molar-refractivity contribution in [2.24, 2.45) is 0 Å². The van der Waals surface area contributed by atoms with Gasteiger partial charge >= 0.3 is 0 Å². The molecule has 0 saturated heterocycles. The molecule has 106 valence electrons. The van der Waals surface area contributed by atoms with Crippen LogP contribution in [0, 0.1) is 0 Å². The standard InChI is InChI=1S/C16H16Br2O2/c17-11-19-9-13-5-1-3-7-15(13)16-8-4-2-6-14(16)10-20-12-18/h1-8H,9-12H2. The van der Waals surface area contributed by atoms with Crippen LogP contribution < -0.4 is 0 Å². The third kappa shape index (κ3) is 4.16. The van der Waals surface area contributed by atoms with E-state index in [2.05, 4.69) is 68.3 Å². The molecule has 4 heteroatoms. The Kier molecular flexibility index (Phi) is 6.73. The van der Waals surface area contributed by atoms with Crippen molar-refractivity contribution in [1.29, 1.82) is 0 Å². The van der Waals surface area contributed by atoms with Crippen molar-refractivity contribution in [1.82, 2.24) is 0 Å². The van der Waals surface area contributed by atoms with Crippen LogP contribution in [-0.2, 0) is 22.7 Å². The van der Waals surface area contributed by atoms with Crippen LogP contribution in [0.25, 0.3) is 11.1 Å². The molecule has 0 N–H and O–H groups in total. The summed E-state index contributed by atoms with van der Waals surface area (Å²) in [6, 6.07) is 16.6. The second-order valence-corrected chi connectivity index (χ2v) is 5.15. The Labute approximate surface area is 136 Å². The van der Waals surface area contributed by atoms with Gasteiger partial charge in [0.05, 0.1) is 13.2 Å². The first-order chi connectivity index (χ1) is 9.86. The molecular formula is C16H16Br2O2. The summed E-state index contributed by atoms with van der Waals surface area (Å²) >= 11 is 6.58. The Hall–Kier alpha value is -0.680. The van der Waals surface area contributed by atoms with Crippen molar-refractivity contribution >= 4 is 31.9 Å². The smallest absolute Gasteiger partial charge is 0.102 e. The van der Waals surface area contributed by atoms with E-state index >= 15 is 0 Å². The Morgan fingerprint density at radius 3 is 1.45 bits per heavy atom. The highest BCUT2D eigenvalue weighted by Crippen LogP contribution is 2.28. The zero-order valence-electron chi connectivity index (χ0n) is 11.0. The highest BCUT2D eigenvalue weighted by Gasteiger charge is 2.09. The van der Waals surface area contributed by atoms with Crippen LogP contribution in [0.4, 0.5) is 0 Å². The number of ether oxygens (including phenoxy) is 2. The van der Waals surface area contributed by atoms with Crippen molar-refractivity contribution in [3.8, 4) is 11.1 Å². The second kappa shape index (κ2) is 8.57. The molecule has 0 saturated carbocycles. The first-order valence-electron chi connectivity index (χ1n) is 6.30. The molecule has 20 heavy (non-hydrogen) atoms. The van der Waals surface area contributed by atoms with E-state index in [1.165, 1.54) is 22.3 Å². The Morgan fingerprint density at radius 2 is 1.05 bits per heavy atom. The number of alkyl halides is 2. The lowest BCUT2D eigenvalue weighted by Crippen LogP contribution is -1.98. The van der Waals surface area contributed by atoms with Crippen LogP contribution in [0.2, 0.25) is 0 Å². The summed E-state index contributed by atoms with van der Waals surface area (Å²) in [6.45, 7) is 1.18. The average Bonchev–Trinajstić information content (AvgIpc) is 2.51. The van der Waals surface area contributed by atoms with Crippen LogP contribution in [-0.4, -0.2) is 11.0 Å². The van der Waals surface area contributed by atoms with Gasteiger partial charge in [-0.25, -0.2) is 0 Å². The van der Waals surface area contributed by atoms with Gasteiger partial charge in [-0.3, -0.25) is 0 Å². The molecule has 0 unspecified atom stereocenters. The van der Waals surface area contributed by atoms with Crippen LogP contribution in [0.3, 0.4) is 0 Å². The quantitative estimate of drug-likeness (QED) is 0.603. The van der Waals surface area contributed by atoms with Gasteiger partial charge in [0.1, 0.15) is 11.0 Å². The van der Waals surface area contributed by atoms with Gasteiger partial charge in [-0.2, -0.15) is 0 Å². The molecule has 2 rings (SSSR count). The number of rotatable bonds is 7. The average molecular weight is 400 g/mol. The maximum atomic E-state index is 5.48. The van der Waals surface area contributed by atoms with E-state index in [1.807, 2.05) is 12.1 Å². The monoisotopic (exact) mass is 398 g/mol. The van der Waals surface area contributed by atoms with Crippen LogP contribution in [0.5, 0.6) is 0 Å². The molecule has 0 aliphatic heterocycles. The minimum absolute atomic E-state index is 0.537. The van der Waals surface area contributed by atoms with Gasteiger partial charge in [-0.1, -0.05) is 80.4 Å². The number of hydrogen-bond donors (Lipinski definition) is 0. The predicted molar refractivity (Wildman–Crippen MR) is 89.0 cm³/mol. The Balaban J connectivity index is 2.35. The van der Waals surface area contributed by atoms with E-state index in [0.717, 1.165) is 0 Å². The largest absolute Gasteiger partial charge is 0.366 e. The summed E-state index contributed by atoms with van der Waals surface area (Å²) in [6.07, 6.45) is 0. The van der Waals surface area contributed by atoms with E-state index in [9.17, 15) is 0 Å². The van der Waals surface area contributed by atoms with E-state index in [1.54, 1.807) is 0 Å². The maximum absolute atomic E-state index is 5.48. The fourth-order valence-corrected chi connectivity index (χ4v) is 2.44. The van der Waals surface area contributed by atoms with Crippen molar-refractivity contribution in [2.45, 2.75) is 13.2 Å². The van der Waals surface area contributed by atoms with Gasteiger partial charge in [0.25, 0.3) is 0 Å². The van der Waals surface area contributed by atoms with E-state index in [0.29, 0.717) is 24.2 Å². The number of benzene rings is 2. The molecule has 0 aromatic heterocycles. The zero-order chi connectivity index (χ0) is 14.2. The molecule has 0 bridgehead atoms. The van der Waals surface area contributed by atoms with E-state index < -0.39 is 0 Å². The van der Waals surface area contributed by atoms with Gasteiger partial charge in [0.2, 0.25) is 0 Å². The molecule has 0 aliphatic rings. The van der Waals surface area contributed by atoms with Gasteiger partial charge < -0.3 is 9.47 Å². The lowest BCUT2D eigenvalue weighted by Gasteiger charge is -2.13. The molecule has 0 fully saturated rings. The van der Waals surface area contributed by atoms with Crippen molar-refractivity contribution in [3.05, 3.63) is 59.7 Å². The topological polar surface area (TPSA) is 18.5 Å². The molecule has 2 aromatic rings. The van der Waals surface area contributed by atoms with Crippen LogP contribution in [0.15, 0.2) is 48.5 Å². The summed E-state index contributed by atoms with van der Waals surface area (Å²) in [4.78, 5) is 0. The summed E-state index contributed by atoms with van der Waals surface area (Å²) in [5, 5.41) is 0. The Bertz CT molecular complexity index is 494. The highest BCUT2D eigenvalue weighted by molar-refractivity contribution is 9.09. The van der Waals surface area contributed by atoms with E-state index in [4.69, 9.17) is 9.47 Å². The lowest BCUT2D eigenvalue weighted by molar-refractivity contribution is 0.171. The first-order valence-corrected chi connectivity index (χ1v) is 8.54. The highest BCUT2D eigenvalue weighted by atomic mass is 79.9. The summed E-state index contributed by atoms with van der Waals surface area (Å²) in [5.74, 6) is 0. The van der Waals surface area contributed by atoms with Crippen LogP contribution >= 0.6 is 31.9 Å². The summed E-state index contributed by atoms with van der Waals surface area (Å²) in [7, 11) is 0. The third-order valence-corrected chi connectivity index (χ3v) is 3.64. The Morgan fingerprint density at radius 1 is 0.650 bits per heavy atom. The fourth-order valence-electron chi connectivity index (χ4n) is 2.11. The molecule has 0 amide bonds. The second-order valence-electron chi connectivity index (χ2n) is 4.23. The summed E-state index contributed by atoms with van der Waals surface area (Å²) in [5.41, 5.74) is 5.83. The maximum Gasteiger partial charge on any atom is 0.102 e. The molecule has 2 aromatic carbocycles. The van der Waals surface area contributed by atoms with Gasteiger partial charge in [0.15, 0.2) is 0 Å². The SMILES string of the molecule is BrCOCc1ccccc1-c1ccccc1COCBr. The van der Waals surface area contributed by atoms with Gasteiger partial charge in [-0.15, -0.1) is 0 Å².